The Bertz CT molecular complexity index is 468. The lowest BCUT2D eigenvalue weighted by Crippen LogP contribution is -2.29. The van der Waals surface area contributed by atoms with Gasteiger partial charge >= 0.3 is 0 Å². The maximum absolute atomic E-state index is 12.5. The minimum absolute atomic E-state index is 0.184. The summed E-state index contributed by atoms with van der Waals surface area (Å²) in [6.45, 7) is 8.29. The molecule has 0 bridgehead atoms. The standard InChI is InChI=1S/C16H24N2O/c1-11(2)13-7-8-18(10-13)16(19)15-6-5-14(17-4)9-12(15)3/h5-6,9,11,13,17H,7-8,10H2,1-4H3. The van der Waals surface area contributed by atoms with Crippen molar-refractivity contribution >= 4 is 11.6 Å². The number of nitrogens with zero attached hydrogens (tertiary/aromatic N) is 1. The van der Waals surface area contributed by atoms with Crippen LogP contribution in [0.1, 0.15) is 36.2 Å². The van der Waals surface area contributed by atoms with Gasteiger partial charge in [0.25, 0.3) is 5.91 Å². The first kappa shape index (κ1) is 13.9. The number of carbonyl (C=O) groups excluding carboxylic acids is 1. The fraction of sp³-hybridized carbons (Fsp3) is 0.562. The SMILES string of the molecule is CNc1ccc(C(=O)N2CCC(C(C)C)C2)c(C)c1. The van der Waals surface area contributed by atoms with E-state index in [0.29, 0.717) is 11.8 Å². The molecular formula is C16H24N2O. The van der Waals surface area contributed by atoms with Crippen LogP contribution in [0.25, 0.3) is 0 Å². The van der Waals surface area contributed by atoms with Gasteiger partial charge in [-0.3, -0.25) is 4.79 Å². The second kappa shape index (κ2) is 5.64. The number of aryl methyl sites for hydroxylation is 1. The zero-order valence-corrected chi connectivity index (χ0v) is 12.4. The van der Waals surface area contributed by atoms with E-state index in [9.17, 15) is 4.79 Å². The highest BCUT2D eigenvalue weighted by Crippen LogP contribution is 2.26. The number of likely N-dealkylation sites (tertiary alicyclic amines) is 1. The van der Waals surface area contributed by atoms with Gasteiger partial charge in [-0.2, -0.15) is 0 Å². The van der Waals surface area contributed by atoms with Crippen molar-refractivity contribution in [3.05, 3.63) is 29.3 Å². The van der Waals surface area contributed by atoms with Crippen LogP contribution in [-0.2, 0) is 0 Å². The summed E-state index contributed by atoms with van der Waals surface area (Å²) in [6, 6.07) is 5.94. The molecule has 3 nitrogen and oxygen atoms in total. The van der Waals surface area contributed by atoms with Gasteiger partial charge in [0, 0.05) is 31.4 Å². The van der Waals surface area contributed by atoms with E-state index in [2.05, 4.69) is 19.2 Å². The maximum Gasteiger partial charge on any atom is 0.254 e. The second-order valence-electron chi connectivity index (χ2n) is 5.82. The number of nitrogens with one attached hydrogen (secondary N) is 1. The topological polar surface area (TPSA) is 32.3 Å². The monoisotopic (exact) mass is 260 g/mol. The Balaban J connectivity index is 2.12. The van der Waals surface area contributed by atoms with Gasteiger partial charge in [-0.15, -0.1) is 0 Å². The molecule has 19 heavy (non-hydrogen) atoms. The van der Waals surface area contributed by atoms with E-state index in [1.54, 1.807) is 0 Å². The summed E-state index contributed by atoms with van der Waals surface area (Å²) in [5.41, 5.74) is 2.93. The van der Waals surface area contributed by atoms with Gasteiger partial charge in [0.2, 0.25) is 0 Å². The van der Waals surface area contributed by atoms with Crippen LogP contribution in [0.3, 0.4) is 0 Å². The molecule has 2 rings (SSSR count). The number of hydrogen-bond acceptors (Lipinski definition) is 2. The quantitative estimate of drug-likeness (QED) is 0.905. The molecule has 1 aromatic rings. The van der Waals surface area contributed by atoms with Gasteiger partial charge in [-0.25, -0.2) is 0 Å². The van der Waals surface area contributed by atoms with E-state index in [0.717, 1.165) is 36.3 Å². The number of hydrogen-bond donors (Lipinski definition) is 1. The molecule has 1 atom stereocenters. The van der Waals surface area contributed by atoms with Crippen LogP contribution in [0, 0.1) is 18.8 Å². The number of amides is 1. The van der Waals surface area contributed by atoms with Gasteiger partial charge in [0.1, 0.15) is 0 Å². The number of benzene rings is 1. The highest BCUT2D eigenvalue weighted by atomic mass is 16.2. The van der Waals surface area contributed by atoms with E-state index in [4.69, 9.17) is 0 Å². The van der Waals surface area contributed by atoms with Gasteiger partial charge in [-0.1, -0.05) is 13.8 Å². The molecule has 1 fully saturated rings. The Hall–Kier alpha value is -1.51. The molecule has 3 heteroatoms. The second-order valence-corrected chi connectivity index (χ2v) is 5.82. The van der Waals surface area contributed by atoms with E-state index >= 15 is 0 Å². The van der Waals surface area contributed by atoms with E-state index in [-0.39, 0.29) is 5.91 Å². The molecule has 1 aliphatic heterocycles. The summed E-state index contributed by atoms with van der Waals surface area (Å²) in [5.74, 6) is 1.50. The van der Waals surface area contributed by atoms with E-state index in [1.807, 2.05) is 37.1 Å². The van der Waals surface area contributed by atoms with Crippen molar-refractivity contribution < 1.29 is 4.79 Å². The van der Waals surface area contributed by atoms with Crippen LogP contribution in [0.5, 0.6) is 0 Å². The Morgan fingerprint density at radius 1 is 1.42 bits per heavy atom. The molecule has 1 saturated heterocycles. The number of anilines is 1. The maximum atomic E-state index is 12.5. The first-order chi connectivity index (χ1) is 9.02. The molecule has 1 heterocycles. The summed E-state index contributed by atoms with van der Waals surface area (Å²) in [6.07, 6.45) is 1.14. The zero-order valence-electron chi connectivity index (χ0n) is 12.4. The molecule has 1 aromatic carbocycles. The molecule has 0 aromatic heterocycles. The van der Waals surface area contributed by atoms with Crippen molar-refractivity contribution in [1.29, 1.82) is 0 Å². The van der Waals surface area contributed by atoms with Gasteiger partial charge in [-0.05, 0) is 48.9 Å². The summed E-state index contributed by atoms with van der Waals surface area (Å²) >= 11 is 0. The average Bonchev–Trinajstić information content (AvgIpc) is 2.87. The Morgan fingerprint density at radius 2 is 2.16 bits per heavy atom. The minimum atomic E-state index is 0.184. The summed E-state index contributed by atoms with van der Waals surface area (Å²) in [5, 5.41) is 3.10. The van der Waals surface area contributed by atoms with Crippen molar-refractivity contribution in [3.63, 3.8) is 0 Å². The van der Waals surface area contributed by atoms with E-state index < -0.39 is 0 Å². The Labute approximate surface area is 116 Å². The van der Waals surface area contributed by atoms with Crippen molar-refractivity contribution in [2.45, 2.75) is 27.2 Å². The van der Waals surface area contributed by atoms with Crippen LogP contribution in [0.15, 0.2) is 18.2 Å². The highest BCUT2D eigenvalue weighted by Gasteiger charge is 2.29. The van der Waals surface area contributed by atoms with Gasteiger partial charge in [0.15, 0.2) is 0 Å². The molecule has 104 valence electrons. The summed E-state index contributed by atoms with van der Waals surface area (Å²) < 4.78 is 0. The lowest BCUT2D eigenvalue weighted by atomic mass is 9.95. The van der Waals surface area contributed by atoms with Gasteiger partial charge in [0.05, 0.1) is 0 Å². The Morgan fingerprint density at radius 3 is 2.68 bits per heavy atom. The van der Waals surface area contributed by atoms with Crippen LogP contribution in [0.2, 0.25) is 0 Å². The molecule has 1 N–H and O–H groups in total. The van der Waals surface area contributed by atoms with Crippen molar-refractivity contribution in [2.75, 3.05) is 25.5 Å². The lowest BCUT2D eigenvalue weighted by molar-refractivity contribution is 0.0783. The summed E-state index contributed by atoms with van der Waals surface area (Å²) in [4.78, 5) is 14.5. The number of rotatable bonds is 3. The fourth-order valence-corrected chi connectivity index (χ4v) is 2.75. The Kier molecular flexibility index (Phi) is 4.13. The summed E-state index contributed by atoms with van der Waals surface area (Å²) in [7, 11) is 1.89. The molecule has 1 aliphatic rings. The minimum Gasteiger partial charge on any atom is -0.388 e. The third-order valence-corrected chi connectivity index (χ3v) is 4.20. The largest absolute Gasteiger partial charge is 0.388 e. The molecule has 0 radical (unpaired) electrons. The fourth-order valence-electron chi connectivity index (χ4n) is 2.75. The predicted octanol–water partition coefficient (Wildman–Crippen LogP) is 3.15. The molecule has 0 spiro atoms. The molecule has 1 amide bonds. The normalized spacial score (nSPS) is 19.0. The first-order valence-corrected chi connectivity index (χ1v) is 7.10. The van der Waals surface area contributed by atoms with Crippen LogP contribution in [-0.4, -0.2) is 30.9 Å². The average molecular weight is 260 g/mol. The molecule has 1 unspecified atom stereocenters. The number of carbonyl (C=O) groups is 1. The highest BCUT2D eigenvalue weighted by molar-refractivity contribution is 5.96. The molecular weight excluding hydrogens is 236 g/mol. The first-order valence-electron chi connectivity index (χ1n) is 7.10. The lowest BCUT2D eigenvalue weighted by Gasteiger charge is -2.19. The predicted molar refractivity (Wildman–Crippen MR) is 79.6 cm³/mol. The van der Waals surface area contributed by atoms with Crippen molar-refractivity contribution in [3.8, 4) is 0 Å². The van der Waals surface area contributed by atoms with E-state index in [1.165, 1.54) is 0 Å². The molecule has 0 saturated carbocycles. The molecule has 0 aliphatic carbocycles. The third kappa shape index (κ3) is 2.91. The van der Waals surface area contributed by atoms with Gasteiger partial charge < -0.3 is 10.2 Å². The van der Waals surface area contributed by atoms with Crippen LogP contribution >= 0.6 is 0 Å². The third-order valence-electron chi connectivity index (χ3n) is 4.20. The zero-order chi connectivity index (χ0) is 14.0. The smallest absolute Gasteiger partial charge is 0.254 e. The van der Waals surface area contributed by atoms with Crippen LogP contribution in [0.4, 0.5) is 5.69 Å². The van der Waals surface area contributed by atoms with Crippen LogP contribution < -0.4 is 5.32 Å². The van der Waals surface area contributed by atoms with Crippen molar-refractivity contribution in [2.24, 2.45) is 11.8 Å². The van der Waals surface area contributed by atoms with Crippen molar-refractivity contribution in [1.82, 2.24) is 4.90 Å².